The number of carbonyl (C=O) groups is 1. The molecule has 0 amide bonds. The summed E-state index contributed by atoms with van der Waals surface area (Å²) in [5.41, 5.74) is 0.185. The average molecular weight is 369 g/mol. The van der Waals surface area contributed by atoms with Crippen molar-refractivity contribution in [2.45, 2.75) is 6.54 Å². The highest BCUT2D eigenvalue weighted by molar-refractivity contribution is 5.96. The van der Waals surface area contributed by atoms with Crippen LogP contribution in [0.15, 0.2) is 53.4 Å². The molecule has 0 fully saturated rings. The Balaban J connectivity index is 1.93. The van der Waals surface area contributed by atoms with Gasteiger partial charge in [0, 0.05) is 0 Å². The molecule has 0 radical (unpaired) electrons. The third-order valence-corrected chi connectivity index (χ3v) is 3.60. The fraction of sp³-hybridized carbons (Fsp3) is 0.118. The molecule has 0 bridgehead atoms. The summed E-state index contributed by atoms with van der Waals surface area (Å²) >= 11 is 0. The van der Waals surface area contributed by atoms with Crippen molar-refractivity contribution in [2.75, 3.05) is 17.7 Å². The summed E-state index contributed by atoms with van der Waals surface area (Å²) in [6.07, 6.45) is 2.68. The maximum atomic E-state index is 11.9. The van der Waals surface area contributed by atoms with Gasteiger partial charge < -0.3 is 19.8 Å². The first kappa shape index (κ1) is 17.9. The summed E-state index contributed by atoms with van der Waals surface area (Å²) in [6, 6.07) is 9.90. The average Bonchev–Trinajstić information content (AvgIpc) is 3.19. The van der Waals surface area contributed by atoms with Gasteiger partial charge >= 0.3 is 11.7 Å². The SMILES string of the molecule is COC(=O)c1ccccc1Nc1ncnc(NCc2ccco2)c1[N+](=O)[O-]. The van der Waals surface area contributed by atoms with Crippen molar-refractivity contribution in [3.63, 3.8) is 0 Å². The molecular weight excluding hydrogens is 354 g/mol. The fourth-order valence-electron chi connectivity index (χ4n) is 2.36. The van der Waals surface area contributed by atoms with Crippen LogP contribution < -0.4 is 10.6 Å². The molecule has 3 rings (SSSR count). The number of carbonyl (C=O) groups excluding carboxylic acids is 1. The smallest absolute Gasteiger partial charge is 0.353 e. The quantitative estimate of drug-likeness (QED) is 0.366. The lowest BCUT2D eigenvalue weighted by atomic mass is 10.2. The number of nitro groups is 1. The second-order valence-corrected chi connectivity index (χ2v) is 5.27. The second-order valence-electron chi connectivity index (χ2n) is 5.27. The van der Waals surface area contributed by atoms with E-state index in [-0.39, 0.29) is 29.4 Å². The van der Waals surface area contributed by atoms with E-state index in [9.17, 15) is 14.9 Å². The third kappa shape index (κ3) is 4.00. The van der Waals surface area contributed by atoms with E-state index < -0.39 is 10.9 Å². The standard InChI is InChI=1S/C17H15N5O5/c1-26-17(23)12-6-2-3-7-13(12)21-16-14(22(24)25)15(19-10-20-16)18-9-11-5-4-8-27-11/h2-8,10H,9H2,1H3,(H2,18,19,20,21). The monoisotopic (exact) mass is 369 g/mol. The van der Waals surface area contributed by atoms with Crippen LogP contribution in [0.25, 0.3) is 0 Å². The van der Waals surface area contributed by atoms with E-state index in [0.717, 1.165) is 0 Å². The third-order valence-electron chi connectivity index (χ3n) is 3.60. The largest absolute Gasteiger partial charge is 0.467 e. The Morgan fingerprint density at radius 1 is 1.22 bits per heavy atom. The highest BCUT2D eigenvalue weighted by atomic mass is 16.6. The Hall–Kier alpha value is -3.95. The lowest BCUT2D eigenvalue weighted by molar-refractivity contribution is -0.383. The van der Waals surface area contributed by atoms with Crippen molar-refractivity contribution in [3.05, 3.63) is 70.4 Å². The molecule has 138 valence electrons. The van der Waals surface area contributed by atoms with E-state index in [2.05, 4.69) is 20.6 Å². The topological polar surface area (TPSA) is 132 Å². The molecule has 0 aliphatic rings. The fourth-order valence-corrected chi connectivity index (χ4v) is 2.36. The number of hydrogen-bond donors (Lipinski definition) is 2. The van der Waals surface area contributed by atoms with E-state index in [1.54, 1.807) is 30.3 Å². The number of esters is 1. The van der Waals surface area contributed by atoms with E-state index in [1.807, 2.05) is 0 Å². The van der Waals surface area contributed by atoms with Gasteiger partial charge in [0.15, 0.2) is 0 Å². The van der Waals surface area contributed by atoms with Gasteiger partial charge in [0.1, 0.15) is 12.1 Å². The van der Waals surface area contributed by atoms with Crippen molar-refractivity contribution in [3.8, 4) is 0 Å². The molecule has 0 spiro atoms. The first-order valence-corrected chi connectivity index (χ1v) is 7.80. The number of nitrogens with zero attached hydrogens (tertiary/aromatic N) is 3. The highest BCUT2D eigenvalue weighted by Gasteiger charge is 2.24. The van der Waals surface area contributed by atoms with Crippen molar-refractivity contribution < 1.29 is 18.9 Å². The molecule has 0 saturated carbocycles. The van der Waals surface area contributed by atoms with Gasteiger partial charge in [0.25, 0.3) is 0 Å². The highest BCUT2D eigenvalue weighted by Crippen LogP contribution is 2.32. The van der Waals surface area contributed by atoms with Gasteiger partial charge in [-0.2, -0.15) is 0 Å². The number of rotatable bonds is 7. The molecule has 3 aromatic rings. The van der Waals surface area contributed by atoms with Crippen molar-refractivity contribution in [1.82, 2.24) is 9.97 Å². The normalized spacial score (nSPS) is 10.3. The summed E-state index contributed by atoms with van der Waals surface area (Å²) in [4.78, 5) is 30.8. The van der Waals surface area contributed by atoms with Crippen LogP contribution >= 0.6 is 0 Å². The lowest BCUT2D eigenvalue weighted by Crippen LogP contribution is -2.10. The van der Waals surface area contributed by atoms with Crippen LogP contribution in [0.4, 0.5) is 23.0 Å². The molecule has 0 atom stereocenters. The Morgan fingerprint density at radius 2 is 2.00 bits per heavy atom. The molecule has 10 heteroatoms. The number of hydrogen-bond acceptors (Lipinski definition) is 9. The molecule has 2 aromatic heterocycles. The van der Waals surface area contributed by atoms with Crippen molar-refractivity contribution >= 4 is 29.0 Å². The Bertz CT molecular complexity index is 958. The van der Waals surface area contributed by atoms with Crippen molar-refractivity contribution in [2.24, 2.45) is 0 Å². The molecule has 0 aliphatic carbocycles. The van der Waals surface area contributed by atoms with Crippen LogP contribution in [0.1, 0.15) is 16.1 Å². The summed E-state index contributed by atoms with van der Waals surface area (Å²) < 4.78 is 9.92. The van der Waals surface area contributed by atoms with Gasteiger partial charge in [-0.1, -0.05) is 12.1 Å². The molecular formula is C17H15N5O5. The van der Waals surface area contributed by atoms with E-state index in [4.69, 9.17) is 9.15 Å². The number of methoxy groups -OCH3 is 1. The van der Waals surface area contributed by atoms with Crippen LogP contribution in [-0.2, 0) is 11.3 Å². The van der Waals surface area contributed by atoms with Gasteiger partial charge in [-0.25, -0.2) is 14.8 Å². The van der Waals surface area contributed by atoms with E-state index in [0.29, 0.717) is 11.4 Å². The predicted octanol–water partition coefficient (Wildman–Crippen LogP) is 3.12. The predicted molar refractivity (Wildman–Crippen MR) is 95.8 cm³/mol. The molecule has 0 unspecified atom stereocenters. The van der Waals surface area contributed by atoms with Crippen LogP contribution in [0.3, 0.4) is 0 Å². The number of benzene rings is 1. The van der Waals surface area contributed by atoms with Gasteiger partial charge in [0.05, 0.1) is 36.1 Å². The molecule has 0 saturated heterocycles. The van der Waals surface area contributed by atoms with Crippen LogP contribution in [0.5, 0.6) is 0 Å². The zero-order valence-corrected chi connectivity index (χ0v) is 14.2. The van der Waals surface area contributed by atoms with Gasteiger partial charge in [-0.3, -0.25) is 10.1 Å². The summed E-state index contributed by atoms with van der Waals surface area (Å²) in [5.74, 6) is -0.0304. The minimum absolute atomic E-state index is 0.0180. The summed E-state index contributed by atoms with van der Waals surface area (Å²) in [6.45, 7) is 0.211. The first-order chi connectivity index (χ1) is 13.1. The van der Waals surface area contributed by atoms with Crippen LogP contribution in [0, 0.1) is 10.1 Å². The number of ether oxygens (including phenoxy) is 1. The molecule has 0 aliphatic heterocycles. The Kier molecular flexibility index (Phi) is 5.26. The van der Waals surface area contributed by atoms with Gasteiger partial charge in [-0.05, 0) is 24.3 Å². The minimum Gasteiger partial charge on any atom is -0.467 e. The summed E-state index contributed by atoms with van der Waals surface area (Å²) in [7, 11) is 1.25. The molecule has 2 heterocycles. The number of aromatic nitrogens is 2. The van der Waals surface area contributed by atoms with Gasteiger partial charge in [0.2, 0.25) is 11.6 Å². The number of nitrogens with one attached hydrogen (secondary N) is 2. The minimum atomic E-state index is -0.604. The number of anilines is 3. The summed E-state index contributed by atoms with van der Waals surface area (Å²) in [5, 5.41) is 17.3. The zero-order valence-electron chi connectivity index (χ0n) is 14.2. The molecule has 27 heavy (non-hydrogen) atoms. The maximum Gasteiger partial charge on any atom is 0.353 e. The number of para-hydroxylation sites is 1. The molecule has 10 nitrogen and oxygen atoms in total. The molecule has 1 aromatic carbocycles. The lowest BCUT2D eigenvalue weighted by Gasteiger charge is -2.11. The first-order valence-electron chi connectivity index (χ1n) is 7.80. The van der Waals surface area contributed by atoms with E-state index >= 15 is 0 Å². The zero-order chi connectivity index (χ0) is 19.2. The Labute approximate surface area is 153 Å². The van der Waals surface area contributed by atoms with Gasteiger partial charge in [-0.15, -0.1) is 0 Å². The Morgan fingerprint density at radius 3 is 2.70 bits per heavy atom. The molecule has 2 N–H and O–H groups in total. The van der Waals surface area contributed by atoms with E-state index in [1.165, 1.54) is 25.8 Å². The van der Waals surface area contributed by atoms with Crippen molar-refractivity contribution in [1.29, 1.82) is 0 Å². The van der Waals surface area contributed by atoms with Crippen LogP contribution in [0.2, 0.25) is 0 Å². The number of furan rings is 1. The maximum absolute atomic E-state index is 11.9. The second kappa shape index (κ2) is 7.95. The van der Waals surface area contributed by atoms with Crippen LogP contribution in [-0.4, -0.2) is 28.0 Å².